The molecule has 2 unspecified atom stereocenters. The first kappa shape index (κ1) is 13.3. The molecule has 0 aliphatic heterocycles. The molecule has 4 heteroatoms. The van der Waals surface area contributed by atoms with Gasteiger partial charge in [-0.1, -0.05) is 30.3 Å². The highest BCUT2D eigenvalue weighted by Crippen LogP contribution is 2.16. The average molecular weight is 254 g/mol. The topological polar surface area (TPSA) is 53.6 Å². The van der Waals surface area contributed by atoms with E-state index in [2.05, 4.69) is 35.5 Å². The van der Waals surface area contributed by atoms with Crippen molar-refractivity contribution < 1.29 is 0 Å². The summed E-state index contributed by atoms with van der Waals surface area (Å²) in [7, 11) is 0. The summed E-state index contributed by atoms with van der Waals surface area (Å²) < 4.78 is 1.89. The molecule has 0 amide bonds. The number of aromatic nitrogens is 2. The van der Waals surface area contributed by atoms with Gasteiger partial charge in [-0.25, -0.2) is 0 Å². The Morgan fingerprint density at radius 1 is 1.32 bits per heavy atom. The highest BCUT2D eigenvalue weighted by Gasteiger charge is 2.14. The molecule has 0 fully saturated rings. The van der Waals surface area contributed by atoms with Crippen LogP contribution < -0.4 is 5.32 Å². The third kappa shape index (κ3) is 3.94. The van der Waals surface area contributed by atoms with E-state index in [1.54, 1.807) is 6.20 Å². The van der Waals surface area contributed by atoms with E-state index in [1.165, 1.54) is 0 Å². The molecule has 1 N–H and O–H groups in total. The molecular formula is C15H18N4. The highest BCUT2D eigenvalue weighted by atomic mass is 15.3. The molecule has 0 radical (unpaired) electrons. The lowest BCUT2D eigenvalue weighted by Crippen LogP contribution is -2.34. The van der Waals surface area contributed by atoms with Gasteiger partial charge in [0.25, 0.3) is 0 Å². The summed E-state index contributed by atoms with van der Waals surface area (Å²) in [6.45, 7) is 2.90. The number of hydrogen-bond donors (Lipinski definition) is 1. The molecule has 2 aromatic rings. The molecule has 19 heavy (non-hydrogen) atoms. The zero-order valence-corrected chi connectivity index (χ0v) is 11.0. The van der Waals surface area contributed by atoms with Crippen LogP contribution in [0.1, 0.15) is 24.9 Å². The number of benzene rings is 1. The van der Waals surface area contributed by atoms with Crippen molar-refractivity contribution >= 4 is 0 Å². The van der Waals surface area contributed by atoms with E-state index in [9.17, 15) is 0 Å². The summed E-state index contributed by atoms with van der Waals surface area (Å²) in [6, 6.07) is 14.6. The second-order valence-electron chi connectivity index (χ2n) is 4.62. The van der Waals surface area contributed by atoms with Crippen LogP contribution in [-0.2, 0) is 6.54 Å². The van der Waals surface area contributed by atoms with Crippen molar-refractivity contribution in [1.29, 1.82) is 5.26 Å². The fraction of sp³-hybridized carbons (Fsp3) is 0.333. The molecule has 1 heterocycles. The molecule has 0 aliphatic rings. The van der Waals surface area contributed by atoms with Crippen molar-refractivity contribution in [3.63, 3.8) is 0 Å². The summed E-state index contributed by atoms with van der Waals surface area (Å²) in [5, 5.41) is 16.6. The van der Waals surface area contributed by atoms with Crippen LogP contribution in [0, 0.1) is 11.3 Å². The smallest absolute Gasteiger partial charge is 0.0641 e. The van der Waals surface area contributed by atoms with E-state index in [-0.39, 0.29) is 12.1 Å². The highest BCUT2D eigenvalue weighted by molar-refractivity contribution is 5.20. The Hall–Kier alpha value is -2.12. The largest absolute Gasteiger partial charge is 0.305 e. The van der Waals surface area contributed by atoms with Crippen molar-refractivity contribution in [2.24, 2.45) is 0 Å². The Balaban J connectivity index is 1.99. The zero-order chi connectivity index (χ0) is 13.5. The summed E-state index contributed by atoms with van der Waals surface area (Å²) in [4.78, 5) is 0. The van der Waals surface area contributed by atoms with E-state index >= 15 is 0 Å². The Morgan fingerprint density at radius 3 is 2.74 bits per heavy atom. The van der Waals surface area contributed by atoms with Gasteiger partial charge in [0, 0.05) is 24.5 Å². The number of nitrogens with one attached hydrogen (secondary N) is 1. The summed E-state index contributed by atoms with van der Waals surface area (Å²) in [5.74, 6) is 0. The lowest BCUT2D eigenvalue weighted by molar-refractivity contribution is 0.401. The molecule has 4 nitrogen and oxygen atoms in total. The van der Waals surface area contributed by atoms with Crippen LogP contribution in [0.4, 0.5) is 0 Å². The second-order valence-corrected chi connectivity index (χ2v) is 4.62. The first-order valence-electron chi connectivity index (χ1n) is 6.45. The number of nitriles is 1. The van der Waals surface area contributed by atoms with Crippen LogP contribution in [0.5, 0.6) is 0 Å². The minimum atomic E-state index is 0.0664. The average Bonchev–Trinajstić information content (AvgIpc) is 2.92. The van der Waals surface area contributed by atoms with Crippen molar-refractivity contribution in [3.05, 3.63) is 54.4 Å². The molecule has 2 atom stereocenters. The third-order valence-electron chi connectivity index (χ3n) is 3.00. The molecule has 2 rings (SSSR count). The summed E-state index contributed by atoms with van der Waals surface area (Å²) in [5.41, 5.74) is 1.15. The van der Waals surface area contributed by atoms with Gasteiger partial charge in [-0.15, -0.1) is 0 Å². The second kappa shape index (κ2) is 6.72. The van der Waals surface area contributed by atoms with Crippen LogP contribution >= 0.6 is 0 Å². The molecule has 0 saturated carbocycles. The van der Waals surface area contributed by atoms with Gasteiger partial charge in [0.1, 0.15) is 0 Å². The fourth-order valence-electron chi connectivity index (χ4n) is 2.13. The first-order chi connectivity index (χ1) is 9.29. The first-order valence-corrected chi connectivity index (χ1v) is 6.45. The van der Waals surface area contributed by atoms with Crippen molar-refractivity contribution in [2.45, 2.75) is 32.0 Å². The molecule has 0 spiro atoms. The lowest BCUT2D eigenvalue weighted by Gasteiger charge is -2.21. The van der Waals surface area contributed by atoms with Crippen LogP contribution in [0.2, 0.25) is 0 Å². The van der Waals surface area contributed by atoms with Crippen LogP contribution in [-0.4, -0.2) is 15.8 Å². The van der Waals surface area contributed by atoms with Crippen LogP contribution in [0.3, 0.4) is 0 Å². The molecule has 1 aromatic carbocycles. The number of rotatable bonds is 6. The summed E-state index contributed by atoms with van der Waals surface area (Å²) >= 11 is 0. The Labute approximate surface area is 113 Å². The zero-order valence-electron chi connectivity index (χ0n) is 11.0. The predicted octanol–water partition coefficient (Wildman–Crippen LogP) is 2.52. The van der Waals surface area contributed by atoms with Crippen molar-refractivity contribution in [1.82, 2.24) is 15.1 Å². The van der Waals surface area contributed by atoms with Crippen LogP contribution in [0.25, 0.3) is 0 Å². The minimum Gasteiger partial charge on any atom is -0.305 e. The van der Waals surface area contributed by atoms with Gasteiger partial charge in [0.05, 0.1) is 19.0 Å². The molecule has 1 aromatic heterocycles. The predicted molar refractivity (Wildman–Crippen MR) is 74.2 cm³/mol. The standard InChI is InChI=1S/C15H18N4/c1-13(12-19-11-5-10-17-19)18-15(8-9-16)14-6-3-2-4-7-14/h2-7,10-11,13,15,18H,8,12H2,1H3. The van der Waals surface area contributed by atoms with Gasteiger partial charge >= 0.3 is 0 Å². The molecule has 0 aliphatic carbocycles. The molecule has 0 saturated heterocycles. The lowest BCUT2D eigenvalue weighted by atomic mass is 10.0. The molecule has 98 valence electrons. The van der Waals surface area contributed by atoms with E-state index in [0.717, 1.165) is 12.1 Å². The molecular weight excluding hydrogens is 236 g/mol. The SMILES string of the molecule is CC(Cn1cccn1)NC(CC#N)c1ccccc1. The molecule has 0 bridgehead atoms. The Bertz CT molecular complexity index is 513. The Morgan fingerprint density at radius 2 is 2.11 bits per heavy atom. The summed E-state index contributed by atoms with van der Waals surface area (Å²) in [6.07, 6.45) is 4.18. The van der Waals surface area contributed by atoms with Crippen molar-refractivity contribution in [3.8, 4) is 6.07 Å². The maximum atomic E-state index is 8.96. The maximum Gasteiger partial charge on any atom is 0.0641 e. The maximum absolute atomic E-state index is 8.96. The van der Waals surface area contributed by atoms with Gasteiger partial charge in [-0.3, -0.25) is 4.68 Å². The van der Waals surface area contributed by atoms with Gasteiger partial charge in [-0.05, 0) is 18.6 Å². The van der Waals surface area contributed by atoms with Gasteiger partial charge in [-0.2, -0.15) is 10.4 Å². The van der Waals surface area contributed by atoms with Gasteiger partial charge in [0.15, 0.2) is 0 Å². The van der Waals surface area contributed by atoms with Gasteiger partial charge in [0.2, 0.25) is 0 Å². The van der Waals surface area contributed by atoms with Gasteiger partial charge < -0.3 is 5.32 Å². The monoisotopic (exact) mass is 254 g/mol. The minimum absolute atomic E-state index is 0.0664. The van der Waals surface area contributed by atoms with E-state index in [0.29, 0.717) is 6.42 Å². The van der Waals surface area contributed by atoms with E-state index < -0.39 is 0 Å². The number of nitrogens with zero attached hydrogens (tertiary/aromatic N) is 3. The quantitative estimate of drug-likeness (QED) is 0.861. The normalized spacial score (nSPS) is 13.7. The third-order valence-corrected chi connectivity index (χ3v) is 3.00. The Kier molecular flexibility index (Phi) is 4.71. The van der Waals surface area contributed by atoms with E-state index in [4.69, 9.17) is 5.26 Å². The number of hydrogen-bond acceptors (Lipinski definition) is 3. The fourth-order valence-corrected chi connectivity index (χ4v) is 2.13. The van der Waals surface area contributed by atoms with E-state index in [1.807, 2.05) is 35.1 Å². The van der Waals surface area contributed by atoms with Crippen molar-refractivity contribution in [2.75, 3.05) is 0 Å². The van der Waals surface area contributed by atoms with Crippen LogP contribution in [0.15, 0.2) is 48.8 Å².